The maximum atomic E-state index is 11.8. The summed E-state index contributed by atoms with van der Waals surface area (Å²) in [6, 6.07) is 2.88. The smallest absolute Gasteiger partial charge is 0.306 e. The molecule has 1 aromatic rings. The van der Waals surface area contributed by atoms with Gasteiger partial charge in [-0.2, -0.15) is 0 Å². The highest BCUT2D eigenvalue weighted by atomic mass is 35.5. The highest BCUT2D eigenvalue weighted by Gasteiger charge is 2.28. The van der Waals surface area contributed by atoms with Crippen molar-refractivity contribution in [3.05, 3.63) is 23.1 Å². The molecular weight excluding hydrogens is 258 g/mol. The average molecular weight is 272 g/mol. The van der Waals surface area contributed by atoms with E-state index in [0.717, 1.165) is 12.8 Å². The number of hydrogen-bond acceptors (Lipinski definition) is 3. The number of furan rings is 1. The van der Waals surface area contributed by atoms with Crippen molar-refractivity contribution in [1.29, 1.82) is 0 Å². The first-order valence-corrected chi connectivity index (χ1v) is 6.23. The summed E-state index contributed by atoms with van der Waals surface area (Å²) >= 11 is 5.59. The monoisotopic (exact) mass is 271 g/mol. The van der Waals surface area contributed by atoms with Gasteiger partial charge in [0, 0.05) is 6.04 Å². The predicted octanol–water partition coefficient (Wildman–Crippen LogP) is 2.31. The third kappa shape index (κ3) is 3.04. The molecule has 1 heterocycles. The molecule has 6 heteroatoms. The molecule has 1 aromatic heterocycles. The lowest BCUT2D eigenvalue weighted by molar-refractivity contribution is -0.143. The van der Waals surface area contributed by atoms with Gasteiger partial charge >= 0.3 is 5.97 Å². The Morgan fingerprint density at radius 3 is 2.78 bits per heavy atom. The zero-order chi connectivity index (χ0) is 13.1. The van der Waals surface area contributed by atoms with Gasteiger partial charge in [0.1, 0.15) is 0 Å². The second kappa shape index (κ2) is 5.44. The van der Waals surface area contributed by atoms with Gasteiger partial charge in [0.05, 0.1) is 5.92 Å². The number of carbonyl (C=O) groups excluding carboxylic acids is 1. The van der Waals surface area contributed by atoms with E-state index in [0.29, 0.717) is 12.8 Å². The summed E-state index contributed by atoms with van der Waals surface area (Å²) < 4.78 is 5.00. The number of hydrogen-bond donors (Lipinski definition) is 2. The number of rotatable bonds is 3. The van der Waals surface area contributed by atoms with E-state index in [-0.39, 0.29) is 28.8 Å². The van der Waals surface area contributed by atoms with Crippen LogP contribution in [0.2, 0.25) is 5.22 Å². The maximum absolute atomic E-state index is 11.8. The lowest BCUT2D eigenvalue weighted by Gasteiger charge is -2.26. The van der Waals surface area contributed by atoms with Gasteiger partial charge in [-0.15, -0.1) is 0 Å². The summed E-state index contributed by atoms with van der Waals surface area (Å²) in [5.74, 6) is -1.37. The molecule has 1 amide bonds. The van der Waals surface area contributed by atoms with Crippen molar-refractivity contribution in [2.45, 2.75) is 31.7 Å². The second-order valence-electron chi connectivity index (χ2n) is 4.48. The number of carboxylic acid groups (broad SMARTS) is 1. The fourth-order valence-electron chi connectivity index (χ4n) is 2.24. The van der Waals surface area contributed by atoms with Crippen LogP contribution in [0.15, 0.2) is 16.5 Å². The quantitative estimate of drug-likeness (QED) is 0.884. The van der Waals surface area contributed by atoms with Crippen molar-refractivity contribution in [3.63, 3.8) is 0 Å². The van der Waals surface area contributed by atoms with Gasteiger partial charge in [0.2, 0.25) is 0 Å². The van der Waals surface area contributed by atoms with Gasteiger partial charge in [-0.25, -0.2) is 0 Å². The minimum atomic E-state index is -0.796. The predicted molar refractivity (Wildman–Crippen MR) is 64.6 cm³/mol. The molecule has 1 saturated carbocycles. The van der Waals surface area contributed by atoms with Gasteiger partial charge in [0.15, 0.2) is 11.0 Å². The van der Waals surface area contributed by atoms with Crippen molar-refractivity contribution in [2.24, 2.45) is 5.92 Å². The molecule has 0 radical (unpaired) electrons. The molecular formula is C12H14ClNO4. The first-order chi connectivity index (χ1) is 8.56. The highest BCUT2D eigenvalue weighted by molar-refractivity contribution is 6.29. The standard InChI is InChI=1S/C12H14ClNO4/c13-10-5-4-9(18-10)11(15)14-8-3-1-2-7(6-8)12(16)17/h4-5,7-8H,1-3,6H2,(H,14,15)(H,16,17). The molecule has 1 fully saturated rings. The Labute approximate surface area is 109 Å². The van der Waals surface area contributed by atoms with Crippen LogP contribution in [-0.4, -0.2) is 23.0 Å². The number of carboxylic acids is 1. The maximum Gasteiger partial charge on any atom is 0.306 e. The second-order valence-corrected chi connectivity index (χ2v) is 4.85. The third-order valence-electron chi connectivity index (χ3n) is 3.16. The number of carbonyl (C=O) groups is 2. The molecule has 5 nitrogen and oxygen atoms in total. The summed E-state index contributed by atoms with van der Waals surface area (Å²) in [5.41, 5.74) is 0. The van der Waals surface area contributed by atoms with Crippen LogP contribution in [0, 0.1) is 5.92 Å². The van der Waals surface area contributed by atoms with Crippen molar-refractivity contribution in [3.8, 4) is 0 Å². The minimum absolute atomic E-state index is 0.115. The molecule has 2 unspecified atom stereocenters. The number of halogens is 1. The van der Waals surface area contributed by atoms with E-state index in [2.05, 4.69) is 5.32 Å². The van der Waals surface area contributed by atoms with E-state index < -0.39 is 5.97 Å². The zero-order valence-corrected chi connectivity index (χ0v) is 10.4. The van der Waals surface area contributed by atoms with E-state index >= 15 is 0 Å². The SMILES string of the molecule is O=C(NC1CCCC(C(=O)O)C1)c1ccc(Cl)o1. The van der Waals surface area contributed by atoms with Crippen LogP contribution in [0.4, 0.5) is 0 Å². The van der Waals surface area contributed by atoms with Crippen LogP contribution in [0.5, 0.6) is 0 Å². The molecule has 1 aliphatic rings. The Kier molecular flexibility index (Phi) is 3.91. The summed E-state index contributed by atoms with van der Waals surface area (Å²) in [4.78, 5) is 22.7. The van der Waals surface area contributed by atoms with Gasteiger partial charge in [0.25, 0.3) is 5.91 Å². The van der Waals surface area contributed by atoms with Crippen molar-refractivity contribution < 1.29 is 19.1 Å². The summed E-state index contributed by atoms with van der Waals surface area (Å²) in [6.45, 7) is 0. The van der Waals surface area contributed by atoms with E-state index in [9.17, 15) is 9.59 Å². The van der Waals surface area contributed by atoms with E-state index in [4.69, 9.17) is 21.1 Å². The number of amides is 1. The Bertz CT molecular complexity index is 457. The van der Waals surface area contributed by atoms with Crippen LogP contribution >= 0.6 is 11.6 Å². The largest absolute Gasteiger partial charge is 0.481 e. The molecule has 2 atom stereocenters. The molecule has 0 spiro atoms. The van der Waals surface area contributed by atoms with Crippen molar-refractivity contribution in [2.75, 3.05) is 0 Å². The van der Waals surface area contributed by atoms with E-state index in [1.165, 1.54) is 12.1 Å². The Balaban J connectivity index is 1.93. The molecule has 0 aromatic carbocycles. The van der Waals surface area contributed by atoms with E-state index in [1.807, 2.05) is 0 Å². The normalized spacial score (nSPS) is 23.6. The van der Waals surface area contributed by atoms with Gasteiger partial charge in [-0.3, -0.25) is 9.59 Å². The van der Waals surface area contributed by atoms with Crippen LogP contribution in [0.3, 0.4) is 0 Å². The molecule has 2 N–H and O–H groups in total. The van der Waals surface area contributed by atoms with Gasteiger partial charge in [-0.05, 0) is 43.0 Å². The van der Waals surface area contributed by atoms with Crippen molar-refractivity contribution >= 4 is 23.5 Å². The lowest BCUT2D eigenvalue weighted by atomic mass is 9.86. The summed E-state index contributed by atoms with van der Waals surface area (Å²) in [6.07, 6.45) is 2.74. The molecule has 0 aliphatic heterocycles. The molecule has 0 bridgehead atoms. The van der Waals surface area contributed by atoms with Crippen LogP contribution in [-0.2, 0) is 4.79 Å². The number of aliphatic carboxylic acids is 1. The molecule has 98 valence electrons. The molecule has 2 rings (SSSR count). The topological polar surface area (TPSA) is 79.5 Å². The van der Waals surface area contributed by atoms with Gasteiger partial charge < -0.3 is 14.8 Å². The number of nitrogens with one attached hydrogen (secondary N) is 1. The Morgan fingerprint density at radius 1 is 1.39 bits per heavy atom. The highest BCUT2D eigenvalue weighted by Crippen LogP contribution is 2.25. The first kappa shape index (κ1) is 13.0. The van der Waals surface area contributed by atoms with Crippen molar-refractivity contribution in [1.82, 2.24) is 5.32 Å². The fourth-order valence-corrected chi connectivity index (χ4v) is 2.38. The Hall–Kier alpha value is -1.49. The lowest BCUT2D eigenvalue weighted by Crippen LogP contribution is -2.39. The summed E-state index contributed by atoms with van der Waals surface area (Å²) in [7, 11) is 0. The van der Waals surface area contributed by atoms with Crippen LogP contribution < -0.4 is 5.32 Å². The molecule has 0 saturated heterocycles. The van der Waals surface area contributed by atoms with Crippen LogP contribution in [0.1, 0.15) is 36.2 Å². The fraction of sp³-hybridized carbons (Fsp3) is 0.500. The zero-order valence-electron chi connectivity index (χ0n) is 9.69. The third-order valence-corrected chi connectivity index (χ3v) is 3.36. The summed E-state index contributed by atoms with van der Waals surface area (Å²) in [5, 5.41) is 11.9. The van der Waals surface area contributed by atoms with E-state index in [1.54, 1.807) is 0 Å². The van der Waals surface area contributed by atoms with Crippen LogP contribution in [0.25, 0.3) is 0 Å². The molecule has 1 aliphatic carbocycles. The average Bonchev–Trinajstić information content (AvgIpc) is 2.76. The minimum Gasteiger partial charge on any atom is -0.481 e. The first-order valence-electron chi connectivity index (χ1n) is 5.85. The van der Waals surface area contributed by atoms with Gasteiger partial charge in [-0.1, -0.05) is 6.42 Å². The Morgan fingerprint density at radius 2 is 2.17 bits per heavy atom. The molecule has 18 heavy (non-hydrogen) atoms.